The van der Waals surface area contributed by atoms with E-state index in [1.807, 2.05) is 6.92 Å². The highest BCUT2D eigenvalue weighted by atomic mass is 19.4. The van der Waals surface area contributed by atoms with Gasteiger partial charge in [0.1, 0.15) is 23.7 Å². The summed E-state index contributed by atoms with van der Waals surface area (Å²) in [6, 6.07) is 5.14. The predicted molar refractivity (Wildman–Crippen MR) is 68.2 cm³/mol. The summed E-state index contributed by atoms with van der Waals surface area (Å²) in [5.41, 5.74) is 0. The van der Waals surface area contributed by atoms with Crippen LogP contribution < -0.4 is 9.47 Å². The Balaban J connectivity index is 1.88. The van der Waals surface area contributed by atoms with Gasteiger partial charge in [0, 0.05) is 13.0 Å². The van der Waals surface area contributed by atoms with Gasteiger partial charge in [-0.25, -0.2) is 0 Å². The number of alkyl halides is 3. The number of aliphatic hydroxyl groups excluding tert-OH is 1. The van der Waals surface area contributed by atoms with Crippen molar-refractivity contribution >= 4 is 0 Å². The molecule has 0 spiro atoms. The summed E-state index contributed by atoms with van der Waals surface area (Å²) >= 11 is 0. The van der Waals surface area contributed by atoms with Gasteiger partial charge in [-0.1, -0.05) is 6.92 Å². The molecule has 0 bridgehead atoms. The molecule has 4 nitrogen and oxygen atoms in total. The van der Waals surface area contributed by atoms with Gasteiger partial charge in [-0.05, 0) is 30.7 Å². The van der Waals surface area contributed by atoms with Gasteiger partial charge in [0.05, 0.1) is 6.10 Å². The van der Waals surface area contributed by atoms with Gasteiger partial charge in [-0.3, -0.25) is 0 Å². The molecule has 3 unspecified atom stereocenters. The molecule has 1 saturated carbocycles. The van der Waals surface area contributed by atoms with E-state index in [2.05, 4.69) is 4.74 Å². The summed E-state index contributed by atoms with van der Waals surface area (Å²) in [4.78, 5) is 0. The quantitative estimate of drug-likeness (QED) is 0.878. The van der Waals surface area contributed by atoms with Crippen molar-refractivity contribution in [2.75, 3.05) is 6.61 Å². The molecule has 118 valence electrons. The van der Waals surface area contributed by atoms with Crippen molar-refractivity contribution in [3.05, 3.63) is 24.3 Å². The number of ether oxygens (including phenoxy) is 3. The Kier molecular flexibility index (Phi) is 4.95. The first kappa shape index (κ1) is 15.9. The molecule has 0 amide bonds. The second kappa shape index (κ2) is 6.53. The Hall–Kier alpha value is -1.47. The summed E-state index contributed by atoms with van der Waals surface area (Å²) in [6.45, 7) is 2.49. The molecule has 1 fully saturated rings. The van der Waals surface area contributed by atoms with Crippen LogP contribution in [-0.2, 0) is 4.74 Å². The highest BCUT2D eigenvalue weighted by molar-refractivity contribution is 5.31. The second-order valence-corrected chi connectivity index (χ2v) is 4.81. The van der Waals surface area contributed by atoms with Crippen LogP contribution in [0.3, 0.4) is 0 Å². The van der Waals surface area contributed by atoms with E-state index in [0.29, 0.717) is 18.8 Å². The van der Waals surface area contributed by atoms with Crippen molar-refractivity contribution < 1.29 is 32.5 Å². The Morgan fingerprint density at radius 2 is 1.81 bits per heavy atom. The summed E-state index contributed by atoms with van der Waals surface area (Å²) < 4.78 is 50.9. The number of hydrogen-bond donors (Lipinski definition) is 1. The van der Waals surface area contributed by atoms with Crippen LogP contribution in [0.15, 0.2) is 24.3 Å². The monoisotopic (exact) mass is 306 g/mol. The highest BCUT2D eigenvalue weighted by Crippen LogP contribution is 2.31. The molecule has 1 aliphatic rings. The maximum atomic E-state index is 12.0. The summed E-state index contributed by atoms with van der Waals surface area (Å²) in [5, 5.41) is 9.60. The first-order valence-corrected chi connectivity index (χ1v) is 6.71. The van der Waals surface area contributed by atoms with E-state index in [1.165, 1.54) is 24.3 Å². The largest absolute Gasteiger partial charge is 0.573 e. The van der Waals surface area contributed by atoms with E-state index in [-0.39, 0.29) is 11.9 Å². The first-order valence-electron chi connectivity index (χ1n) is 6.71. The molecule has 1 aromatic rings. The fraction of sp³-hybridized carbons (Fsp3) is 0.571. The summed E-state index contributed by atoms with van der Waals surface area (Å²) in [5.74, 6) is 0.105. The van der Waals surface area contributed by atoms with Crippen LogP contribution in [0.4, 0.5) is 13.2 Å². The Labute approximate surface area is 120 Å². The van der Waals surface area contributed by atoms with Crippen LogP contribution in [0.25, 0.3) is 0 Å². The molecule has 0 radical (unpaired) electrons. The number of rotatable bonds is 6. The lowest BCUT2D eigenvalue weighted by molar-refractivity contribution is -0.274. The molecular formula is C14H17F3O4. The molecular weight excluding hydrogens is 289 g/mol. The standard InChI is InChI=1S/C14H17F3O4/c1-2-7-19-13-11(18)8-12(13)20-9-3-5-10(6-4-9)21-14(15,16)17/h3-6,11-13,18H,2,7-8H2,1H3. The van der Waals surface area contributed by atoms with Gasteiger partial charge >= 0.3 is 6.36 Å². The van der Waals surface area contributed by atoms with Crippen molar-refractivity contribution in [3.63, 3.8) is 0 Å². The third-order valence-electron chi connectivity index (χ3n) is 3.08. The minimum absolute atomic E-state index is 0.291. The Morgan fingerprint density at radius 1 is 1.19 bits per heavy atom. The van der Waals surface area contributed by atoms with Gasteiger partial charge in [0.2, 0.25) is 0 Å². The third-order valence-corrected chi connectivity index (χ3v) is 3.08. The van der Waals surface area contributed by atoms with E-state index >= 15 is 0 Å². The number of benzene rings is 1. The molecule has 3 atom stereocenters. The molecule has 0 aromatic heterocycles. The van der Waals surface area contributed by atoms with E-state index < -0.39 is 18.6 Å². The van der Waals surface area contributed by atoms with Crippen molar-refractivity contribution in [1.82, 2.24) is 0 Å². The molecule has 7 heteroatoms. The van der Waals surface area contributed by atoms with Crippen LogP contribution in [0.5, 0.6) is 11.5 Å². The van der Waals surface area contributed by atoms with E-state index in [4.69, 9.17) is 9.47 Å². The molecule has 0 saturated heterocycles. The van der Waals surface area contributed by atoms with E-state index in [1.54, 1.807) is 0 Å². The van der Waals surface area contributed by atoms with Gasteiger partial charge in [-0.15, -0.1) is 13.2 Å². The van der Waals surface area contributed by atoms with Gasteiger partial charge in [-0.2, -0.15) is 0 Å². The second-order valence-electron chi connectivity index (χ2n) is 4.81. The van der Waals surface area contributed by atoms with Crippen LogP contribution >= 0.6 is 0 Å². The lowest BCUT2D eigenvalue weighted by Crippen LogP contribution is -2.55. The fourth-order valence-electron chi connectivity index (χ4n) is 2.04. The van der Waals surface area contributed by atoms with Gasteiger partial charge in [0.15, 0.2) is 0 Å². The third kappa shape index (κ3) is 4.50. The summed E-state index contributed by atoms with van der Waals surface area (Å²) in [6.07, 6.45) is -4.68. The Bertz CT molecular complexity index is 447. The van der Waals surface area contributed by atoms with Crippen molar-refractivity contribution in [1.29, 1.82) is 0 Å². The minimum Gasteiger partial charge on any atom is -0.488 e. The molecule has 1 N–H and O–H groups in total. The average Bonchev–Trinajstić information content (AvgIpc) is 2.39. The minimum atomic E-state index is -4.71. The number of aliphatic hydroxyl groups is 1. The topological polar surface area (TPSA) is 47.9 Å². The van der Waals surface area contributed by atoms with Gasteiger partial charge in [0.25, 0.3) is 0 Å². The Morgan fingerprint density at radius 3 is 2.33 bits per heavy atom. The van der Waals surface area contributed by atoms with Crippen molar-refractivity contribution in [3.8, 4) is 11.5 Å². The molecule has 21 heavy (non-hydrogen) atoms. The zero-order chi connectivity index (χ0) is 15.5. The molecule has 0 aliphatic heterocycles. The molecule has 0 heterocycles. The van der Waals surface area contributed by atoms with Crippen LogP contribution in [0.1, 0.15) is 19.8 Å². The zero-order valence-electron chi connectivity index (χ0n) is 11.5. The smallest absolute Gasteiger partial charge is 0.488 e. The lowest BCUT2D eigenvalue weighted by atomic mass is 9.88. The normalized spacial score (nSPS) is 25.3. The van der Waals surface area contributed by atoms with Crippen LogP contribution in [0, 0.1) is 0 Å². The first-order chi connectivity index (χ1) is 9.89. The fourth-order valence-corrected chi connectivity index (χ4v) is 2.04. The summed E-state index contributed by atoms with van der Waals surface area (Å²) in [7, 11) is 0. The number of halogens is 3. The van der Waals surface area contributed by atoms with Crippen LogP contribution in [0.2, 0.25) is 0 Å². The highest BCUT2D eigenvalue weighted by Gasteiger charge is 2.42. The van der Waals surface area contributed by atoms with Gasteiger partial charge < -0.3 is 19.3 Å². The lowest BCUT2D eigenvalue weighted by Gasteiger charge is -2.40. The average molecular weight is 306 g/mol. The zero-order valence-corrected chi connectivity index (χ0v) is 11.5. The van der Waals surface area contributed by atoms with E-state index in [0.717, 1.165) is 6.42 Å². The van der Waals surface area contributed by atoms with Crippen molar-refractivity contribution in [2.45, 2.75) is 44.4 Å². The SMILES string of the molecule is CCCOC1C(O)CC1Oc1ccc(OC(F)(F)F)cc1. The predicted octanol–water partition coefficient (Wildman–Crippen LogP) is 2.89. The number of hydrogen-bond acceptors (Lipinski definition) is 4. The molecule has 2 rings (SSSR count). The molecule has 1 aromatic carbocycles. The molecule has 1 aliphatic carbocycles. The van der Waals surface area contributed by atoms with Crippen LogP contribution in [-0.4, -0.2) is 36.4 Å². The maximum Gasteiger partial charge on any atom is 0.573 e. The van der Waals surface area contributed by atoms with Crippen molar-refractivity contribution in [2.24, 2.45) is 0 Å². The van der Waals surface area contributed by atoms with E-state index in [9.17, 15) is 18.3 Å². The maximum absolute atomic E-state index is 12.0.